The molecule has 22 heavy (non-hydrogen) atoms. The molecule has 6 heteroatoms. The summed E-state index contributed by atoms with van der Waals surface area (Å²) >= 11 is 1.52. The first-order chi connectivity index (χ1) is 10.4. The van der Waals surface area contributed by atoms with E-state index in [1.807, 2.05) is 24.3 Å². The molecule has 3 rings (SSSR count). The Kier molecular flexibility index (Phi) is 3.38. The van der Waals surface area contributed by atoms with Gasteiger partial charge in [-0.2, -0.15) is 14.9 Å². The van der Waals surface area contributed by atoms with Gasteiger partial charge in [0.1, 0.15) is 22.5 Å². The third kappa shape index (κ3) is 2.34. The molecule has 2 aromatic heterocycles. The molecule has 0 aliphatic rings. The third-order valence-electron chi connectivity index (χ3n) is 3.31. The van der Waals surface area contributed by atoms with Crippen LogP contribution in [-0.4, -0.2) is 21.7 Å². The van der Waals surface area contributed by atoms with Crippen molar-refractivity contribution < 1.29 is 4.74 Å². The second kappa shape index (κ2) is 5.11. The molecule has 0 saturated carbocycles. The molecule has 0 radical (unpaired) electrons. The monoisotopic (exact) mass is 312 g/mol. The quantitative estimate of drug-likeness (QED) is 0.725. The summed E-state index contributed by atoms with van der Waals surface area (Å²) in [6.45, 7) is 6.30. The van der Waals surface area contributed by atoms with Gasteiger partial charge in [0.25, 0.3) is 0 Å². The van der Waals surface area contributed by atoms with Crippen LogP contribution in [-0.2, 0) is 5.41 Å². The number of rotatable bonds is 2. The van der Waals surface area contributed by atoms with E-state index in [0.29, 0.717) is 11.4 Å². The molecule has 0 unspecified atom stereocenters. The van der Waals surface area contributed by atoms with Crippen LogP contribution >= 0.6 is 11.3 Å². The predicted molar refractivity (Wildman–Crippen MR) is 86.3 cm³/mol. The Morgan fingerprint density at radius 1 is 1.23 bits per heavy atom. The number of ether oxygens (including phenoxy) is 1. The van der Waals surface area contributed by atoms with Gasteiger partial charge in [0.15, 0.2) is 5.69 Å². The van der Waals surface area contributed by atoms with Crippen molar-refractivity contribution in [2.75, 3.05) is 7.11 Å². The average Bonchev–Trinajstić information content (AvgIpc) is 3.04. The van der Waals surface area contributed by atoms with Crippen LogP contribution in [0.1, 0.15) is 31.5 Å². The number of imidazole rings is 1. The first-order valence-electron chi connectivity index (χ1n) is 6.88. The standard InChI is InChI=1S/C16H16N4OS/c1-16(2,3)14-19-20-12(9-17)13(18-15(20)22-14)10-5-7-11(21-4)8-6-10/h5-8H,1-4H3. The highest BCUT2D eigenvalue weighted by atomic mass is 32.1. The molecular weight excluding hydrogens is 296 g/mol. The maximum atomic E-state index is 9.51. The van der Waals surface area contributed by atoms with Gasteiger partial charge >= 0.3 is 0 Å². The lowest BCUT2D eigenvalue weighted by molar-refractivity contribution is 0.415. The van der Waals surface area contributed by atoms with Crippen LogP contribution in [0.2, 0.25) is 0 Å². The number of nitriles is 1. The molecule has 0 bridgehead atoms. The normalized spacial score (nSPS) is 11.6. The molecule has 0 N–H and O–H groups in total. The maximum absolute atomic E-state index is 9.51. The molecule has 0 spiro atoms. The van der Waals surface area contributed by atoms with Crippen LogP contribution in [0.5, 0.6) is 5.75 Å². The molecule has 112 valence electrons. The number of fused-ring (bicyclic) bond motifs is 1. The van der Waals surface area contributed by atoms with E-state index in [1.165, 1.54) is 11.3 Å². The van der Waals surface area contributed by atoms with Crippen molar-refractivity contribution in [2.24, 2.45) is 0 Å². The Bertz CT molecular complexity index is 863. The zero-order chi connectivity index (χ0) is 15.9. The molecule has 3 aromatic rings. The van der Waals surface area contributed by atoms with Crippen LogP contribution in [0, 0.1) is 11.3 Å². The summed E-state index contributed by atoms with van der Waals surface area (Å²) in [6.07, 6.45) is 0. The van der Waals surface area contributed by atoms with E-state index in [9.17, 15) is 5.26 Å². The number of hydrogen-bond acceptors (Lipinski definition) is 5. The molecule has 0 saturated heterocycles. The highest BCUT2D eigenvalue weighted by Gasteiger charge is 2.23. The van der Waals surface area contributed by atoms with Gasteiger partial charge in [0.05, 0.1) is 7.11 Å². The minimum atomic E-state index is -0.0572. The van der Waals surface area contributed by atoms with Crippen molar-refractivity contribution in [3.63, 3.8) is 0 Å². The van der Waals surface area contributed by atoms with E-state index in [4.69, 9.17) is 4.74 Å². The Hall–Kier alpha value is -2.39. The number of nitrogens with zero attached hydrogens (tertiary/aromatic N) is 4. The number of hydrogen-bond donors (Lipinski definition) is 0. The number of methoxy groups -OCH3 is 1. The molecule has 2 heterocycles. The Morgan fingerprint density at radius 3 is 2.45 bits per heavy atom. The van der Waals surface area contributed by atoms with Gasteiger partial charge in [-0.25, -0.2) is 4.98 Å². The first kappa shape index (κ1) is 14.5. The van der Waals surface area contributed by atoms with Gasteiger partial charge in [0.2, 0.25) is 4.96 Å². The van der Waals surface area contributed by atoms with Gasteiger partial charge in [-0.1, -0.05) is 32.1 Å². The van der Waals surface area contributed by atoms with Gasteiger partial charge in [0, 0.05) is 11.0 Å². The van der Waals surface area contributed by atoms with Crippen LogP contribution < -0.4 is 4.74 Å². The largest absolute Gasteiger partial charge is 0.497 e. The highest BCUT2D eigenvalue weighted by Crippen LogP contribution is 2.31. The summed E-state index contributed by atoms with van der Waals surface area (Å²) in [7, 11) is 1.63. The van der Waals surface area contributed by atoms with E-state index in [1.54, 1.807) is 11.6 Å². The Balaban J connectivity index is 2.14. The smallest absolute Gasteiger partial charge is 0.214 e. The number of aromatic nitrogens is 3. The van der Waals surface area contributed by atoms with Gasteiger partial charge < -0.3 is 4.74 Å². The van der Waals surface area contributed by atoms with Crippen LogP contribution in [0.25, 0.3) is 16.2 Å². The third-order valence-corrected chi connectivity index (χ3v) is 4.65. The fraction of sp³-hybridized carbons (Fsp3) is 0.312. The van der Waals surface area contributed by atoms with Crippen LogP contribution in [0.3, 0.4) is 0 Å². The van der Waals surface area contributed by atoms with E-state index < -0.39 is 0 Å². The lowest BCUT2D eigenvalue weighted by Crippen LogP contribution is -2.11. The summed E-state index contributed by atoms with van der Waals surface area (Å²) in [5.74, 6) is 0.774. The summed E-state index contributed by atoms with van der Waals surface area (Å²) in [6, 6.07) is 9.74. The van der Waals surface area contributed by atoms with Crippen molar-refractivity contribution in [1.82, 2.24) is 14.6 Å². The molecule has 0 atom stereocenters. The summed E-state index contributed by atoms with van der Waals surface area (Å²) in [4.78, 5) is 5.34. The van der Waals surface area contributed by atoms with Crippen molar-refractivity contribution in [2.45, 2.75) is 26.2 Å². The summed E-state index contributed by atoms with van der Waals surface area (Å²) < 4.78 is 6.80. The topological polar surface area (TPSA) is 63.2 Å². The molecule has 0 fully saturated rings. The van der Waals surface area contributed by atoms with Crippen molar-refractivity contribution in [3.8, 4) is 23.1 Å². The first-order valence-corrected chi connectivity index (χ1v) is 7.70. The molecule has 0 aliphatic heterocycles. The average molecular weight is 312 g/mol. The van der Waals surface area contributed by atoms with E-state index in [0.717, 1.165) is 21.3 Å². The predicted octanol–water partition coefficient (Wildman–Crippen LogP) is 3.64. The Labute approximate surface area is 132 Å². The van der Waals surface area contributed by atoms with Crippen molar-refractivity contribution in [1.29, 1.82) is 5.26 Å². The van der Waals surface area contributed by atoms with Gasteiger partial charge in [-0.05, 0) is 24.3 Å². The fourth-order valence-electron chi connectivity index (χ4n) is 2.10. The number of benzene rings is 1. The lowest BCUT2D eigenvalue weighted by Gasteiger charge is -2.12. The van der Waals surface area contributed by atoms with Gasteiger partial charge in [-0.3, -0.25) is 0 Å². The lowest BCUT2D eigenvalue weighted by atomic mass is 9.98. The van der Waals surface area contributed by atoms with Crippen molar-refractivity contribution in [3.05, 3.63) is 35.0 Å². The molecule has 1 aromatic carbocycles. The van der Waals surface area contributed by atoms with Crippen LogP contribution in [0.15, 0.2) is 24.3 Å². The molecule has 0 amide bonds. The minimum absolute atomic E-state index is 0.0572. The SMILES string of the molecule is COc1ccc(-c2nc3sc(C(C)(C)C)nn3c2C#N)cc1. The van der Waals surface area contributed by atoms with Crippen LogP contribution in [0.4, 0.5) is 0 Å². The zero-order valence-corrected chi connectivity index (χ0v) is 13.7. The molecule has 5 nitrogen and oxygen atoms in total. The summed E-state index contributed by atoms with van der Waals surface area (Å²) in [5, 5.41) is 15.0. The Morgan fingerprint density at radius 2 is 1.91 bits per heavy atom. The molecular formula is C16H16N4OS. The molecule has 0 aliphatic carbocycles. The minimum Gasteiger partial charge on any atom is -0.497 e. The van der Waals surface area contributed by atoms with E-state index >= 15 is 0 Å². The van der Waals surface area contributed by atoms with E-state index in [2.05, 4.69) is 36.9 Å². The maximum Gasteiger partial charge on any atom is 0.214 e. The highest BCUT2D eigenvalue weighted by molar-refractivity contribution is 7.16. The van der Waals surface area contributed by atoms with Gasteiger partial charge in [-0.15, -0.1) is 0 Å². The second-order valence-electron chi connectivity index (χ2n) is 6.00. The zero-order valence-electron chi connectivity index (χ0n) is 12.9. The fourth-order valence-corrected chi connectivity index (χ4v) is 3.06. The summed E-state index contributed by atoms with van der Waals surface area (Å²) in [5.41, 5.74) is 1.95. The van der Waals surface area contributed by atoms with E-state index in [-0.39, 0.29) is 5.41 Å². The van der Waals surface area contributed by atoms with Crippen molar-refractivity contribution >= 4 is 16.3 Å². The second-order valence-corrected chi connectivity index (χ2v) is 6.96.